The molecule has 2 aromatic carbocycles. The summed E-state index contributed by atoms with van der Waals surface area (Å²) < 4.78 is 23.5. The van der Waals surface area contributed by atoms with Crippen LogP contribution < -0.4 is 9.47 Å². The Morgan fingerprint density at radius 3 is 2.50 bits per heavy atom. The number of hydrogen-bond acceptors (Lipinski definition) is 6. The lowest BCUT2D eigenvalue weighted by atomic mass is 9.74. The molecule has 0 radical (unpaired) electrons. The molecule has 0 bridgehead atoms. The third kappa shape index (κ3) is 2.93. The number of aromatic nitrogens is 2. The maximum Gasteiger partial charge on any atom is 0.260 e. The highest BCUT2D eigenvalue weighted by molar-refractivity contribution is 6.31. The summed E-state index contributed by atoms with van der Waals surface area (Å²) in [5.74, 6) is 2.34. The molecule has 2 aliphatic heterocycles. The fourth-order valence-electron chi connectivity index (χ4n) is 3.87. The van der Waals surface area contributed by atoms with Gasteiger partial charge in [-0.15, -0.1) is 10.2 Å². The van der Waals surface area contributed by atoms with E-state index >= 15 is 0 Å². The second kappa shape index (κ2) is 7.11. The summed E-state index contributed by atoms with van der Waals surface area (Å²) in [6, 6.07) is 15.4. The van der Waals surface area contributed by atoms with E-state index in [0.717, 1.165) is 24.2 Å². The van der Waals surface area contributed by atoms with Gasteiger partial charge in [0.25, 0.3) is 5.89 Å². The Morgan fingerprint density at radius 2 is 1.68 bits per heavy atom. The first kappa shape index (κ1) is 17.5. The monoisotopic (exact) mass is 398 g/mol. The molecule has 1 aromatic heterocycles. The number of fused-ring (bicyclic) bond motifs is 1. The second-order valence-electron chi connectivity index (χ2n) is 6.98. The fourth-order valence-corrected chi connectivity index (χ4v) is 4.18. The van der Waals surface area contributed by atoms with E-state index in [9.17, 15) is 0 Å². The van der Waals surface area contributed by atoms with E-state index < -0.39 is 11.5 Å². The summed E-state index contributed by atoms with van der Waals surface area (Å²) in [4.78, 5) is 0. The number of halogens is 1. The molecular weight excluding hydrogens is 380 g/mol. The molecule has 144 valence electrons. The van der Waals surface area contributed by atoms with Crippen molar-refractivity contribution in [2.24, 2.45) is 0 Å². The third-order valence-corrected chi connectivity index (χ3v) is 5.70. The summed E-state index contributed by atoms with van der Waals surface area (Å²) in [6.07, 6.45) is 1.01. The fraction of sp³-hybridized carbons (Fsp3) is 0.333. The first-order valence-corrected chi connectivity index (χ1v) is 9.69. The van der Waals surface area contributed by atoms with Crippen LogP contribution in [0, 0.1) is 0 Å². The Balaban J connectivity index is 1.49. The molecule has 5 rings (SSSR count). The van der Waals surface area contributed by atoms with Crippen LogP contribution in [0.25, 0.3) is 0 Å². The molecule has 1 atom stereocenters. The van der Waals surface area contributed by atoms with Crippen LogP contribution in [-0.2, 0) is 10.2 Å². The lowest BCUT2D eigenvalue weighted by molar-refractivity contribution is 0.0481. The zero-order valence-electron chi connectivity index (χ0n) is 15.1. The summed E-state index contributed by atoms with van der Waals surface area (Å²) >= 11 is 6.53. The van der Waals surface area contributed by atoms with Gasteiger partial charge in [-0.25, -0.2) is 0 Å². The molecular formula is C21H19ClN2O4. The summed E-state index contributed by atoms with van der Waals surface area (Å²) in [7, 11) is 0. The Morgan fingerprint density at radius 1 is 0.929 bits per heavy atom. The van der Waals surface area contributed by atoms with Crippen molar-refractivity contribution < 1.29 is 18.6 Å². The van der Waals surface area contributed by atoms with Crippen LogP contribution in [0.3, 0.4) is 0 Å². The normalized spacial score (nSPS) is 20.7. The molecule has 0 saturated carbocycles. The predicted molar refractivity (Wildman–Crippen MR) is 102 cm³/mol. The molecule has 6 nitrogen and oxygen atoms in total. The van der Waals surface area contributed by atoms with Gasteiger partial charge in [-0.05, 0) is 36.6 Å². The van der Waals surface area contributed by atoms with Crippen LogP contribution in [-0.4, -0.2) is 30.0 Å². The first-order chi connectivity index (χ1) is 13.8. The van der Waals surface area contributed by atoms with Gasteiger partial charge in [0.15, 0.2) is 11.5 Å². The first-order valence-electron chi connectivity index (χ1n) is 9.31. The average Bonchev–Trinajstić information content (AvgIpc) is 3.25. The maximum atomic E-state index is 6.53. The van der Waals surface area contributed by atoms with Crippen molar-refractivity contribution in [3.05, 3.63) is 70.9 Å². The highest BCUT2D eigenvalue weighted by atomic mass is 35.5. The van der Waals surface area contributed by atoms with Crippen molar-refractivity contribution in [3.63, 3.8) is 0 Å². The van der Waals surface area contributed by atoms with Gasteiger partial charge in [0.2, 0.25) is 12.0 Å². The molecule has 1 fully saturated rings. The van der Waals surface area contributed by atoms with E-state index in [2.05, 4.69) is 10.2 Å². The van der Waals surface area contributed by atoms with Gasteiger partial charge < -0.3 is 18.6 Å². The number of nitrogens with zero attached hydrogens (tertiary/aromatic N) is 2. The van der Waals surface area contributed by atoms with Crippen molar-refractivity contribution in [2.45, 2.75) is 24.4 Å². The quantitative estimate of drug-likeness (QED) is 0.654. The number of para-hydroxylation sites is 2. The van der Waals surface area contributed by atoms with Crippen molar-refractivity contribution in [2.75, 3.05) is 19.8 Å². The molecule has 1 unspecified atom stereocenters. The van der Waals surface area contributed by atoms with Crippen LogP contribution in [0.5, 0.6) is 11.5 Å². The van der Waals surface area contributed by atoms with Crippen molar-refractivity contribution >= 4 is 11.6 Å². The van der Waals surface area contributed by atoms with Crippen LogP contribution in [0.1, 0.15) is 36.3 Å². The SMILES string of the molecule is Clc1ccccc1C1(c2nnc(C3COc4ccccc4O3)o2)CCOCC1. The van der Waals surface area contributed by atoms with Crippen LogP contribution in [0.4, 0.5) is 0 Å². The molecule has 3 heterocycles. The minimum absolute atomic E-state index is 0.320. The second-order valence-corrected chi connectivity index (χ2v) is 7.39. The van der Waals surface area contributed by atoms with Gasteiger partial charge in [0.1, 0.15) is 6.61 Å². The summed E-state index contributed by atoms with van der Waals surface area (Å²) in [5, 5.41) is 9.37. The minimum atomic E-state index is -0.463. The molecule has 3 aromatic rings. The number of benzene rings is 2. The highest BCUT2D eigenvalue weighted by Crippen LogP contribution is 2.44. The van der Waals surface area contributed by atoms with Gasteiger partial charge in [-0.2, -0.15) is 0 Å². The van der Waals surface area contributed by atoms with Gasteiger partial charge in [0.05, 0.1) is 5.41 Å². The molecule has 0 N–H and O–H groups in total. The van der Waals surface area contributed by atoms with Crippen molar-refractivity contribution in [1.82, 2.24) is 10.2 Å². The standard InChI is InChI=1S/C21H19ClN2O4/c22-15-6-2-1-5-14(15)21(9-11-25-12-10-21)20-24-23-19(28-20)18-13-26-16-7-3-4-8-17(16)27-18/h1-8,18H,9-13H2. The van der Waals surface area contributed by atoms with E-state index in [1.54, 1.807) is 0 Å². The lowest BCUT2D eigenvalue weighted by Gasteiger charge is -2.35. The van der Waals surface area contributed by atoms with Gasteiger partial charge >= 0.3 is 0 Å². The summed E-state index contributed by atoms with van der Waals surface area (Å²) in [5.41, 5.74) is 0.524. The number of hydrogen-bond donors (Lipinski definition) is 0. The molecule has 7 heteroatoms. The Hall–Kier alpha value is -2.57. The Labute approximate surface area is 167 Å². The molecule has 28 heavy (non-hydrogen) atoms. The zero-order chi connectivity index (χ0) is 19.0. The van der Waals surface area contributed by atoms with E-state index in [4.69, 9.17) is 30.2 Å². The molecule has 2 aliphatic rings. The predicted octanol–water partition coefficient (Wildman–Crippen LogP) is 4.33. The van der Waals surface area contributed by atoms with E-state index in [1.807, 2.05) is 48.5 Å². The number of rotatable bonds is 3. The van der Waals surface area contributed by atoms with Crippen LogP contribution >= 0.6 is 11.6 Å². The number of ether oxygens (including phenoxy) is 3. The van der Waals surface area contributed by atoms with Crippen LogP contribution in [0.2, 0.25) is 5.02 Å². The van der Waals surface area contributed by atoms with Gasteiger partial charge in [-0.3, -0.25) is 0 Å². The van der Waals surface area contributed by atoms with E-state index in [1.165, 1.54) is 0 Å². The summed E-state index contributed by atoms with van der Waals surface area (Å²) in [6.45, 7) is 1.54. The molecule has 0 spiro atoms. The molecule has 1 saturated heterocycles. The zero-order valence-corrected chi connectivity index (χ0v) is 15.9. The largest absolute Gasteiger partial charge is 0.485 e. The Bertz CT molecular complexity index is 984. The maximum absolute atomic E-state index is 6.53. The topological polar surface area (TPSA) is 66.6 Å². The van der Waals surface area contributed by atoms with E-state index in [0.29, 0.717) is 42.4 Å². The molecule has 0 aliphatic carbocycles. The highest BCUT2D eigenvalue weighted by Gasteiger charge is 2.43. The van der Waals surface area contributed by atoms with Gasteiger partial charge in [0, 0.05) is 18.2 Å². The molecule has 0 amide bonds. The van der Waals surface area contributed by atoms with E-state index in [-0.39, 0.29) is 0 Å². The van der Waals surface area contributed by atoms with Crippen molar-refractivity contribution in [1.29, 1.82) is 0 Å². The Kier molecular flexibility index (Phi) is 4.45. The smallest absolute Gasteiger partial charge is 0.260 e. The van der Waals surface area contributed by atoms with Crippen molar-refractivity contribution in [3.8, 4) is 11.5 Å². The minimum Gasteiger partial charge on any atom is -0.485 e. The van der Waals surface area contributed by atoms with Gasteiger partial charge in [-0.1, -0.05) is 41.9 Å². The van der Waals surface area contributed by atoms with Crippen LogP contribution in [0.15, 0.2) is 52.9 Å². The average molecular weight is 399 g/mol. The lowest BCUT2D eigenvalue weighted by Crippen LogP contribution is -2.35. The third-order valence-electron chi connectivity index (χ3n) is 5.37.